The summed E-state index contributed by atoms with van der Waals surface area (Å²) in [6.07, 6.45) is 0. The summed E-state index contributed by atoms with van der Waals surface area (Å²) in [5.74, 6) is 0. The van der Waals surface area contributed by atoms with Gasteiger partial charge in [0.1, 0.15) is 5.01 Å². The molecule has 102 valence electrons. The smallest absolute Gasteiger partial charge is 0.184 e. The van der Waals surface area contributed by atoms with Crippen LogP contribution in [0.5, 0.6) is 0 Å². The molecule has 0 saturated carbocycles. The van der Waals surface area contributed by atoms with Crippen LogP contribution >= 0.6 is 34.3 Å². The summed E-state index contributed by atoms with van der Waals surface area (Å²) in [7, 11) is 0. The molecule has 0 bridgehead atoms. The Morgan fingerprint density at radius 3 is 2.62 bits per heavy atom. The Kier molecular flexibility index (Phi) is 3.22. The Morgan fingerprint density at radius 1 is 0.905 bits per heavy atom. The number of hydrogen-bond acceptors (Lipinski definition) is 4. The monoisotopic (exact) mass is 328 g/mol. The van der Waals surface area contributed by atoms with Crippen LogP contribution in [0.4, 0.5) is 0 Å². The fourth-order valence-electron chi connectivity index (χ4n) is 2.23. The summed E-state index contributed by atoms with van der Waals surface area (Å²) in [4.78, 5) is 9.09. The third-order valence-corrected chi connectivity index (χ3v) is 5.28. The van der Waals surface area contributed by atoms with Gasteiger partial charge >= 0.3 is 0 Å². The van der Waals surface area contributed by atoms with E-state index in [-0.39, 0.29) is 0 Å². The molecule has 2 aromatic carbocycles. The molecular weight excluding hydrogens is 320 g/mol. The second-order valence-electron chi connectivity index (χ2n) is 4.52. The molecule has 2 aromatic heterocycles. The lowest BCUT2D eigenvalue weighted by Crippen LogP contribution is -1.79. The molecule has 0 N–H and O–H groups in total. The van der Waals surface area contributed by atoms with Crippen molar-refractivity contribution in [1.82, 2.24) is 9.97 Å². The molecule has 4 aromatic rings. The molecule has 0 unspecified atom stereocenters. The molecule has 2 heterocycles. The van der Waals surface area contributed by atoms with Gasteiger partial charge in [-0.15, -0.1) is 22.7 Å². The Bertz CT molecular complexity index is 912. The quantitative estimate of drug-likeness (QED) is 0.469. The van der Waals surface area contributed by atoms with Crippen LogP contribution in [0, 0.1) is 0 Å². The maximum absolute atomic E-state index is 6.03. The molecule has 0 aliphatic carbocycles. The highest BCUT2D eigenvalue weighted by molar-refractivity contribution is 7.23. The third-order valence-electron chi connectivity index (χ3n) is 3.19. The van der Waals surface area contributed by atoms with E-state index in [1.54, 1.807) is 11.3 Å². The molecular formula is C16H9ClN2S2. The first-order valence-corrected chi connectivity index (χ1v) is 8.45. The number of nitrogens with zero attached hydrogens (tertiary/aromatic N) is 2. The van der Waals surface area contributed by atoms with Gasteiger partial charge in [-0.25, -0.2) is 9.97 Å². The van der Waals surface area contributed by atoms with Crippen LogP contribution in [0.15, 0.2) is 53.9 Å². The topological polar surface area (TPSA) is 25.8 Å². The van der Waals surface area contributed by atoms with E-state index in [0.717, 1.165) is 32.0 Å². The lowest BCUT2D eigenvalue weighted by Gasteiger charge is -1.98. The minimum Gasteiger partial charge on any atom is -0.236 e. The summed E-state index contributed by atoms with van der Waals surface area (Å²) in [6.45, 7) is 0. The highest BCUT2D eigenvalue weighted by Gasteiger charge is 2.12. The van der Waals surface area contributed by atoms with E-state index in [9.17, 15) is 0 Å². The standard InChI is InChI=1S/C16H9ClN2S2/c17-16-19-12-8-4-7-11(14(12)21-16)15-18-13(9-20-15)10-5-2-1-3-6-10/h1-9H. The van der Waals surface area contributed by atoms with Gasteiger partial charge in [0.05, 0.1) is 15.9 Å². The van der Waals surface area contributed by atoms with Crippen molar-refractivity contribution in [3.05, 3.63) is 58.4 Å². The van der Waals surface area contributed by atoms with Crippen LogP contribution in [0.3, 0.4) is 0 Å². The zero-order valence-electron chi connectivity index (χ0n) is 10.8. The third kappa shape index (κ3) is 2.35. The zero-order chi connectivity index (χ0) is 14.2. The second kappa shape index (κ2) is 5.22. The summed E-state index contributed by atoms with van der Waals surface area (Å²) in [6, 6.07) is 16.3. The Balaban J connectivity index is 1.85. The number of thiazole rings is 2. The molecule has 2 nitrogen and oxygen atoms in total. The predicted octanol–water partition coefficient (Wildman–Crippen LogP) is 5.74. The lowest BCUT2D eigenvalue weighted by molar-refractivity contribution is 1.41. The first kappa shape index (κ1) is 13.0. The average Bonchev–Trinajstić information content (AvgIpc) is 3.13. The van der Waals surface area contributed by atoms with E-state index in [2.05, 4.69) is 28.6 Å². The minimum atomic E-state index is 0.567. The molecule has 0 saturated heterocycles. The molecule has 0 aliphatic rings. The second-order valence-corrected chi connectivity index (χ2v) is 6.96. The first-order chi connectivity index (χ1) is 10.3. The van der Waals surface area contributed by atoms with Crippen molar-refractivity contribution < 1.29 is 0 Å². The van der Waals surface area contributed by atoms with Crippen molar-refractivity contribution in [2.75, 3.05) is 0 Å². The average molecular weight is 329 g/mol. The lowest BCUT2D eigenvalue weighted by atomic mass is 10.2. The van der Waals surface area contributed by atoms with Crippen molar-refractivity contribution in [1.29, 1.82) is 0 Å². The maximum atomic E-state index is 6.03. The fourth-order valence-corrected chi connectivity index (χ4v) is 4.28. The molecule has 0 fully saturated rings. The Morgan fingerprint density at radius 2 is 1.76 bits per heavy atom. The first-order valence-electron chi connectivity index (χ1n) is 6.37. The van der Waals surface area contributed by atoms with E-state index in [1.165, 1.54) is 11.3 Å². The van der Waals surface area contributed by atoms with Crippen LogP contribution in [-0.4, -0.2) is 9.97 Å². The Hall–Kier alpha value is -1.75. The number of halogens is 1. The minimum absolute atomic E-state index is 0.567. The summed E-state index contributed by atoms with van der Waals surface area (Å²) >= 11 is 9.18. The van der Waals surface area contributed by atoms with E-state index in [1.807, 2.05) is 30.3 Å². The summed E-state index contributed by atoms with van der Waals surface area (Å²) in [5, 5.41) is 3.09. The van der Waals surface area contributed by atoms with Crippen LogP contribution < -0.4 is 0 Å². The van der Waals surface area contributed by atoms with E-state index < -0.39 is 0 Å². The number of hydrogen-bond donors (Lipinski definition) is 0. The number of rotatable bonds is 2. The molecule has 0 aliphatic heterocycles. The fraction of sp³-hybridized carbons (Fsp3) is 0. The largest absolute Gasteiger partial charge is 0.236 e. The van der Waals surface area contributed by atoms with E-state index in [0.29, 0.717) is 4.47 Å². The number of aromatic nitrogens is 2. The maximum Gasteiger partial charge on any atom is 0.184 e. The summed E-state index contributed by atoms with van der Waals surface area (Å²) < 4.78 is 1.66. The van der Waals surface area contributed by atoms with Crippen molar-refractivity contribution in [3.8, 4) is 21.8 Å². The SMILES string of the molecule is Clc1nc2cccc(-c3nc(-c4ccccc4)cs3)c2s1. The number of fused-ring (bicyclic) bond motifs is 1. The zero-order valence-corrected chi connectivity index (χ0v) is 13.2. The molecule has 0 radical (unpaired) electrons. The van der Waals surface area contributed by atoms with Crippen molar-refractivity contribution in [2.45, 2.75) is 0 Å². The molecule has 5 heteroatoms. The predicted molar refractivity (Wildman–Crippen MR) is 91.2 cm³/mol. The molecule has 0 spiro atoms. The van der Waals surface area contributed by atoms with Crippen LogP contribution in [0.25, 0.3) is 32.0 Å². The van der Waals surface area contributed by atoms with Crippen molar-refractivity contribution in [3.63, 3.8) is 0 Å². The van der Waals surface area contributed by atoms with Gasteiger partial charge < -0.3 is 0 Å². The molecule has 4 rings (SSSR count). The number of benzene rings is 2. The molecule has 0 atom stereocenters. The van der Waals surface area contributed by atoms with Gasteiger partial charge in [-0.1, -0.05) is 54.1 Å². The van der Waals surface area contributed by atoms with Gasteiger partial charge in [0.25, 0.3) is 0 Å². The van der Waals surface area contributed by atoms with Crippen LogP contribution in [0.1, 0.15) is 0 Å². The molecule has 21 heavy (non-hydrogen) atoms. The van der Waals surface area contributed by atoms with Gasteiger partial charge in [0.15, 0.2) is 4.47 Å². The van der Waals surface area contributed by atoms with Gasteiger partial charge in [0.2, 0.25) is 0 Å². The van der Waals surface area contributed by atoms with Crippen molar-refractivity contribution in [2.24, 2.45) is 0 Å². The normalized spacial score (nSPS) is 11.1. The Labute approximate surface area is 134 Å². The van der Waals surface area contributed by atoms with Gasteiger partial charge in [0, 0.05) is 16.5 Å². The van der Waals surface area contributed by atoms with Crippen molar-refractivity contribution >= 4 is 44.5 Å². The van der Waals surface area contributed by atoms with E-state index in [4.69, 9.17) is 16.6 Å². The van der Waals surface area contributed by atoms with Crippen LogP contribution in [0.2, 0.25) is 4.47 Å². The van der Waals surface area contributed by atoms with Gasteiger partial charge in [-0.3, -0.25) is 0 Å². The van der Waals surface area contributed by atoms with E-state index >= 15 is 0 Å². The van der Waals surface area contributed by atoms with Crippen LogP contribution in [-0.2, 0) is 0 Å². The highest BCUT2D eigenvalue weighted by atomic mass is 35.5. The summed E-state index contributed by atoms with van der Waals surface area (Å²) in [5.41, 5.74) is 4.17. The van der Waals surface area contributed by atoms with Gasteiger partial charge in [-0.05, 0) is 6.07 Å². The van der Waals surface area contributed by atoms with Gasteiger partial charge in [-0.2, -0.15) is 0 Å². The highest BCUT2D eigenvalue weighted by Crippen LogP contribution is 2.37. The molecule has 0 amide bonds.